The lowest BCUT2D eigenvalue weighted by Crippen LogP contribution is -2.29. The van der Waals surface area contributed by atoms with E-state index in [1.165, 1.54) is 0 Å². The van der Waals surface area contributed by atoms with Crippen molar-refractivity contribution in [2.45, 2.75) is 12.5 Å². The monoisotopic (exact) mass is 237 g/mol. The van der Waals surface area contributed by atoms with E-state index >= 15 is 0 Å². The summed E-state index contributed by atoms with van der Waals surface area (Å²) in [6.45, 7) is 3.36. The molecule has 0 aliphatic carbocycles. The number of hydrogen-bond donors (Lipinski definition) is 3. The molecule has 2 rings (SSSR count). The minimum absolute atomic E-state index is 0.221. The van der Waals surface area contributed by atoms with E-state index in [4.69, 9.17) is 0 Å². The zero-order valence-electron chi connectivity index (χ0n) is 9.05. The van der Waals surface area contributed by atoms with Crippen LogP contribution in [0.2, 0.25) is 0 Å². The molecule has 2 heterocycles. The summed E-state index contributed by atoms with van der Waals surface area (Å²) in [6, 6.07) is 1.31. The average molecular weight is 237 g/mol. The summed E-state index contributed by atoms with van der Waals surface area (Å²) in [6.07, 6.45) is 2.12. The average Bonchev–Trinajstić information content (AvgIpc) is 2.71. The van der Waals surface area contributed by atoms with Crippen molar-refractivity contribution in [3.63, 3.8) is 0 Å². The van der Waals surface area contributed by atoms with E-state index < -0.39 is 17.8 Å². The number of H-pyrrole nitrogens is 1. The maximum atomic E-state index is 12.6. The molecule has 5 nitrogen and oxygen atoms in total. The van der Waals surface area contributed by atoms with E-state index in [1.54, 1.807) is 12.3 Å². The third kappa shape index (κ3) is 2.20. The largest absolute Gasteiger partial charge is 0.357 e. The summed E-state index contributed by atoms with van der Waals surface area (Å²) in [5.74, 6) is -2.11. The molecule has 1 aliphatic heterocycles. The van der Waals surface area contributed by atoms with E-state index in [1.807, 2.05) is 0 Å². The van der Waals surface area contributed by atoms with E-state index in [0.29, 0.717) is 24.2 Å². The fraction of sp³-hybridized carbons (Fsp3) is 0.273. The zero-order valence-corrected chi connectivity index (χ0v) is 9.05. The summed E-state index contributed by atoms with van der Waals surface area (Å²) in [7, 11) is 0. The van der Waals surface area contributed by atoms with Gasteiger partial charge in [0.15, 0.2) is 5.83 Å². The third-order valence-corrected chi connectivity index (χ3v) is 2.65. The molecule has 1 aliphatic rings. The number of nitrogens with one attached hydrogen (secondary N) is 3. The van der Waals surface area contributed by atoms with Crippen molar-refractivity contribution in [2.24, 2.45) is 0 Å². The van der Waals surface area contributed by atoms with Crippen LogP contribution in [0.1, 0.15) is 28.5 Å². The molecule has 1 unspecified atom stereocenters. The van der Waals surface area contributed by atoms with Gasteiger partial charge in [0, 0.05) is 18.3 Å². The molecule has 0 radical (unpaired) electrons. The zero-order chi connectivity index (χ0) is 12.4. The van der Waals surface area contributed by atoms with Gasteiger partial charge >= 0.3 is 0 Å². The Morgan fingerprint density at radius 3 is 3.06 bits per heavy atom. The first-order chi connectivity index (χ1) is 8.09. The van der Waals surface area contributed by atoms with Gasteiger partial charge in [0.2, 0.25) is 0 Å². The molecule has 1 aromatic heterocycles. The highest BCUT2D eigenvalue weighted by molar-refractivity contribution is 5.95. The first kappa shape index (κ1) is 11.4. The van der Waals surface area contributed by atoms with Crippen LogP contribution in [0.25, 0.3) is 0 Å². The Hall–Kier alpha value is -2.11. The number of aromatic nitrogens is 1. The Kier molecular flexibility index (Phi) is 2.95. The molecular formula is C11H12FN3O2. The molecule has 0 bridgehead atoms. The minimum Gasteiger partial charge on any atom is -0.357 e. The highest BCUT2D eigenvalue weighted by Gasteiger charge is 2.25. The predicted molar refractivity (Wildman–Crippen MR) is 58.9 cm³/mol. The lowest BCUT2D eigenvalue weighted by molar-refractivity contribution is -0.119. The topological polar surface area (TPSA) is 74.0 Å². The van der Waals surface area contributed by atoms with Crippen molar-refractivity contribution in [3.8, 4) is 0 Å². The van der Waals surface area contributed by atoms with Gasteiger partial charge in [0.25, 0.3) is 11.8 Å². The molecule has 0 fully saturated rings. The van der Waals surface area contributed by atoms with E-state index in [-0.39, 0.29) is 5.91 Å². The maximum absolute atomic E-state index is 12.6. The number of fused-ring (bicyclic) bond motifs is 1. The van der Waals surface area contributed by atoms with Gasteiger partial charge < -0.3 is 15.6 Å². The predicted octanol–water partition coefficient (Wildman–Crippen LogP) is 0.789. The van der Waals surface area contributed by atoms with Crippen molar-refractivity contribution in [3.05, 3.63) is 35.9 Å². The maximum Gasteiger partial charge on any atom is 0.279 e. The highest BCUT2D eigenvalue weighted by atomic mass is 19.1. The summed E-state index contributed by atoms with van der Waals surface area (Å²) in [5.41, 5.74) is 1.06. The van der Waals surface area contributed by atoms with Crippen LogP contribution in [0.4, 0.5) is 4.39 Å². The van der Waals surface area contributed by atoms with Crippen LogP contribution in [0.3, 0.4) is 0 Å². The van der Waals surface area contributed by atoms with E-state index in [0.717, 1.165) is 0 Å². The molecule has 1 atom stereocenters. The number of carbonyl (C=O) groups excluding carboxylic acids is 2. The Morgan fingerprint density at radius 2 is 2.35 bits per heavy atom. The van der Waals surface area contributed by atoms with Gasteiger partial charge in [0.05, 0.1) is 6.04 Å². The van der Waals surface area contributed by atoms with Crippen LogP contribution < -0.4 is 10.6 Å². The van der Waals surface area contributed by atoms with Gasteiger partial charge in [-0.25, -0.2) is 4.39 Å². The Morgan fingerprint density at radius 1 is 1.59 bits per heavy atom. The number of aromatic amines is 1. The normalized spacial score (nSPS) is 18.9. The molecule has 0 saturated heterocycles. The van der Waals surface area contributed by atoms with Crippen molar-refractivity contribution < 1.29 is 14.0 Å². The Labute approximate surface area is 97.1 Å². The number of rotatable bonds is 2. The second-order valence-electron chi connectivity index (χ2n) is 3.78. The minimum atomic E-state index is -1.04. The molecule has 6 heteroatoms. The highest BCUT2D eigenvalue weighted by Crippen LogP contribution is 2.23. The van der Waals surface area contributed by atoms with E-state index in [9.17, 15) is 14.0 Å². The molecule has 0 spiro atoms. The molecule has 1 aromatic rings. The smallest absolute Gasteiger partial charge is 0.279 e. The van der Waals surface area contributed by atoms with Gasteiger partial charge in [-0.1, -0.05) is 6.58 Å². The molecule has 0 saturated carbocycles. The fourth-order valence-electron chi connectivity index (χ4n) is 1.83. The van der Waals surface area contributed by atoms with Crippen molar-refractivity contribution in [1.29, 1.82) is 0 Å². The fourth-order valence-corrected chi connectivity index (χ4v) is 1.83. The SMILES string of the molecule is C=C(F)C(=O)NC1CCNC(=O)c2[nH]ccc21. The van der Waals surface area contributed by atoms with Gasteiger partial charge in [-0.15, -0.1) is 0 Å². The summed E-state index contributed by atoms with van der Waals surface area (Å²) < 4.78 is 12.6. The van der Waals surface area contributed by atoms with Crippen LogP contribution in [0.15, 0.2) is 24.7 Å². The molecule has 90 valence electrons. The second kappa shape index (κ2) is 4.40. The number of carbonyl (C=O) groups is 2. The van der Waals surface area contributed by atoms with Crippen LogP contribution in [0, 0.1) is 0 Å². The lowest BCUT2D eigenvalue weighted by Gasteiger charge is -2.15. The van der Waals surface area contributed by atoms with Gasteiger partial charge in [-0.05, 0) is 12.5 Å². The number of amides is 2. The molecule has 2 amide bonds. The molecule has 17 heavy (non-hydrogen) atoms. The molecular weight excluding hydrogens is 225 g/mol. The van der Waals surface area contributed by atoms with Crippen LogP contribution in [-0.4, -0.2) is 23.3 Å². The van der Waals surface area contributed by atoms with Crippen molar-refractivity contribution in [1.82, 2.24) is 15.6 Å². The van der Waals surface area contributed by atoms with E-state index in [2.05, 4.69) is 22.2 Å². The molecule has 0 aromatic carbocycles. The first-order valence-corrected chi connectivity index (χ1v) is 5.20. The Balaban J connectivity index is 2.24. The first-order valence-electron chi connectivity index (χ1n) is 5.20. The lowest BCUT2D eigenvalue weighted by atomic mass is 10.1. The summed E-state index contributed by atoms with van der Waals surface area (Å²) in [5, 5.41) is 5.18. The number of hydrogen-bond acceptors (Lipinski definition) is 2. The van der Waals surface area contributed by atoms with Crippen molar-refractivity contribution >= 4 is 11.8 Å². The number of halogens is 1. The van der Waals surface area contributed by atoms with Gasteiger partial charge in [-0.2, -0.15) is 0 Å². The van der Waals surface area contributed by atoms with Crippen LogP contribution in [0.5, 0.6) is 0 Å². The third-order valence-electron chi connectivity index (χ3n) is 2.65. The Bertz CT molecular complexity index is 481. The summed E-state index contributed by atoms with van der Waals surface area (Å²) in [4.78, 5) is 25.6. The standard InChI is InChI=1S/C11H12FN3O2/c1-6(12)10(16)15-8-3-5-14-11(17)9-7(8)2-4-13-9/h2,4,8,13H,1,3,5H2,(H,14,17)(H,15,16). The van der Waals surface area contributed by atoms with Crippen molar-refractivity contribution in [2.75, 3.05) is 6.54 Å². The van der Waals surface area contributed by atoms with Gasteiger partial charge in [-0.3, -0.25) is 9.59 Å². The summed E-state index contributed by atoms with van der Waals surface area (Å²) >= 11 is 0. The van der Waals surface area contributed by atoms with Gasteiger partial charge in [0.1, 0.15) is 5.69 Å². The molecule has 3 N–H and O–H groups in total. The quantitative estimate of drug-likeness (QED) is 0.665. The van der Waals surface area contributed by atoms with Crippen LogP contribution in [-0.2, 0) is 4.79 Å². The van der Waals surface area contributed by atoms with Crippen LogP contribution >= 0.6 is 0 Å². The second-order valence-corrected chi connectivity index (χ2v) is 3.78.